The summed E-state index contributed by atoms with van der Waals surface area (Å²) in [4.78, 5) is 12.4. The van der Waals surface area contributed by atoms with Gasteiger partial charge in [0.15, 0.2) is 0 Å². The third kappa shape index (κ3) is 2.16. The fourth-order valence-corrected chi connectivity index (χ4v) is 3.91. The lowest BCUT2D eigenvalue weighted by molar-refractivity contribution is 1.01. The van der Waals surface area contributed by atoms with Crippen LogP contribution < -0.4 is 4.90 Å². The van der Waals surface area contributed by atoms with Crippen molar-refractivity contribution in [1.29, 1.82) is 0 Å². The zero-order valence-corrected chi connectivity index (χ0v) is 13.0. The average Bonchev–Trinajstić information content (AvgIpc) is 2.92. The lowest BCUT2D eigenvalue weighted by Crippen LogP contribution is -2.16. The molecule has 0 unspecified atom stereocenters. The predicted octanol–water partition coefficient (Wildman–Crippen LogP) is 4.56. The van der Waals surface area contributed by atoms with Gasteiger partial charge in [0.2, 0.25) is 0 Å². The zero-order valence-electron chi connectivity index (χ0n) is 12.2. The number of benzene rings is 2. The van der Waals surface area contributed by atoms with Gasteiger partial charge in [-0.15, -0.1) is 0 Å². The first-order valence-electron chi connectivity index (χ1n) is 7.32. The van der Waals surface area contributed by atoms with E-state index in [2.05, 4.69) is 58.2 Å². The Morgan fingerprint density at radius 1 is 1.05 bits per heavy atom. The molecule has 3 aromatic rings. The monoisotopic (exact) mass is 305 g/mol. The van der Waals surface area contributed by atoms with E-state index >= 15 is 0 Å². The molecular weight excluding hydrogens is 290 g/mol. The van der Waals surface area contributed by atoms with Gasteiger partial charge in [-0.2, -0.15) is 0 Å². The topological polar surface area (TPSA) is 29.0 Å². The van der Waals surface area contributed by atoms with Crippen molar-refractivity contribution >= 4 is 34.4 Å². The number of hydrogen-bond acceptors (Lipinski definition) is 4. The molecule has 3 nitrogen and oxygen atoms in total. The van der Waals surface area contributed by atoms with Crippen molar-refractivity contribution in [3.8, 4) is 0 Å². The Hall–Kier alpha value is -2.33. The van der Waals surface area contributed by atoms with Gasteiger partial charge >= 0.3 is 0 Å². The van der Waals surface area contributed by atoms with Crippen molar-refractivity contribution in [3.05, 3.63) is 65.6 Å². The Morgan fingerprint density at radius 2 is 1.86 bits per heavy atom. The van der Waals surface area contributed by atoms with Crippen LogP contribution in [0.3, 0.4) is 0 Å². The summed E-state index contributed by atoms with van der Waals surface area (Å²) in [5.74, 6) is 0. The van der Waals surface area contributed by atoms with E-state index in [9.17, 15) is 0 Å². The van der Waals surface area contributed by atoms with Crippen LogP contribution in [0.15, 0.2) is 64.8 Å². The minimum absolute atomic E-state index is 0.943. The lowest BCUT2D eigenvalue weighted by atomic mass is 10.2. The van der Waals surface area contributed by atoms with Gasteiger partial charge in [-0.05, 0) is 31.2 Å². The van der Waals surface area contributed by atoms with Gasteiger partial charge in [-0.1, -0.05) is 42.1 Å². The second-order valence-corrected chi connectivity index (χ2v) is 6.13. The van der Waals surface area contributed by atoms with E-state index in [4.69, 9.17) is 0 Å². The molecule has 2 heterocycles. The molecule has 0 aliphatic carbocycles. The Kier molecular flexibility index (Phi) is 3.31. The molecule has 0 saturated carbocycles. The molecule has 2 aromatic carbocycles. The van der Waals surface area contributed by atoms with Crippen molar-refractivity contribution in [3.63, 3.8) is 0 Å². The molecule has 0 N–H and O–H groups in total. The number of fused-ring (bicyclic) bond motifs is 2. The maximum absolute atomic E-state index is 4.47. The molecule has 22 heavy (non-hydrogen) atoms. The summed E-state index contributed by atoms with van der Waals surface area (Å²) >= 11 is 1.80. The largest absolute Gasteiger partial charge is 0.335 e. The second-order valence-electron chi connectivity index (χ2n) is 5.07. The van der Waals surface area contributed by atoms with Crippen molar-refractivity contribution in [1.82, 2.24) is 9.97 Å². The molecule has 108 valence electrons. The molecule has 0 spiro atoms. The van der Waals surface area contributed by atoms with Crippen LogP contribution >= 0.6 is 11.8 Å². The third-order valence-electron chi connectivity index (χ3n) is 3.79. The Morgan fingerprint density at radius 3 is 2.77 bits per heavy atom. The molecule has 1 aliphatic heterocycles. The fourth-order valence-electron chi connectivity index (χ4n) is 2.74. The number of anilines is 1. The summed E-state index contributed by atoms with van der Waals surface area (Å²) in [5.41, 5.74) is 3.23. The minimum Gasteiger partial charge on any atom is -0.335 e. The molecule has 0 bridgehead atoms. The van der Waals surface area contributed by atoms with Crippen molar-refractivity contribution in [2.24, 2.45) is 0 Å². The molecular formula is C18H15N3S. The van der Waals surface area contributed by atoms with Crippen LogP contribution in [-0.4, -0.2) is 16.5 Å². The standard InChI is InChI=1S/C18H15N3S/c1-2-21-16-9-5-6-10-17(16)22-18(21)11-15-13-7-3-4-8-14(13)19-12-20-15/h3-12H,2H2,1H3. The van der Waals surface area contributed by atoms with Crippen LogP contribution in [0.1, 0.15) is 12.6 Å². The molecule has 1 aliphatic rings. The van der Waals surface area contributed by atoms with E-state index in [0.717, 1.165) is 23.1 Å². The van der Waals surface area contributed by atoms with E-state index in [0.29, 0.717) is 0 Å². The third-order valence-corrected chi connectivity index (χ3v) is 4.90. The highest BCUT2D eigenvalue weighted by Crippen LogP contribution is 2.46. The minimum atomic E-state index is 0.943. The van der Waals surface area contributed by atoms with E-state index in [-0.39, 0.29) is 0 Å². The SMILES string of the molecule is CCN1C(=Cc2ncnc3ccccc23)Sc2ccccc21. The molecule has 1 aromatic heterocycles. The van der Waals surface area contributed by atoms with Crippen LogP contribution in [0.2, 0.25) is 0 Å². The van der Waals surface area contributed by atoms with E-state index in [1.54, 1.807) is 18.1 Å². The highest BCUT2D eigenvalue weighted by molar-refractivity contribution is 8.03. The van der Waals surface area contributed by atoms with Crippen LogP contribution in [0.4, 0.5) is 5.69 Å². The van der Waals surface area contributed by atoms with E-state index < -0.39 is 0 Å². The van der Waals surface area contributed by atoms with Crippen LogP contribution in [0.25, 0.3) is 17.0 Å². The van der Waals surface area contributed by atoms with E-state index in [1.807, 2.05) is 18.2 Å². The average molecular weight is 305 g/mol. The van der Waals surface area contributed by atoms with Gasteiger partial charge in [0, 0.05) is 16.8 Å². The molecule has 0 fully saturated rings. The summed E-state index contributed by atoms with van der Waals surface area (Å²) in [6.45, 7) is 3.12. The first kappa shape index (κ1) is 13.3. The van der Waals surface area contributed by atoms with Crippen molar-refractivity contribution < 1.29 is 0 Å². The van der Waals surface area contributed by atoms with Gasteiger partial charge < -0.3 is 4.90 Å². The molecule has 0 radical (unpaired) electrons. The van der Waals surface area contributed by atoms with Gasteiger partial charge in [-0.25, -0.2) is 9.97 Å². The van der Waals surface area contributed by atoms with Crippen molar-refractivity contribution in [2.75, 3.05) is 11.4 Å². The number of para-hydroxylation sites is 2. The first-order valence-corrected chi connectivity index (χ1v) is 8.14. The van der Waals surface area contributed by atoms with Crippen LogP contribution in [0.5, 0.6) is 0 Å². The fraction of sp³-hybridized carbons (Fsp3) is 0.111. The Labute approximate surface area is 133 Å². The Bertz CT molecular complexity index is 868. The predicted molar refractivity (Wildman–Crippen MR) is 92.8 cm³/mol. The van der Waals surface area contributed by atoms with Gasteiger partial charge in [0.05, 0.1) is 21.9 Å². The summed E-state index contributed by atoms with van der Waals surface area (Å²) in [6.07, 6.45) is 3.80. The Balaban J connectivity index is 1.83. The lowest BCUT2D eigenvalue weighted by Gasteiger charge is -2.17. The molecule has 0 amide bonds. The number of aromatic nitrogens is 2. The van der Waals surface area contributed by atoms with Gasteiger partial charge in [0.25, 0.3) is 0 Å². The molecule has 0 saturated heterocycles. The van der Waals surface area contributed by atoms with Crippen molar-refractivity contribution in [2.45, 2.75) is 11.8 Å². The number of nitrogens with zero attached hydrogens (tertiary/aromatic N) is 3. The summed E-state index contributed by atoms with van der Waals surface area (Å²) in [7, 11) is 0. The second kappa shape index (κ2) is 5.46. The number of rotatable bonds is 2. The van der Waals surface area contributed by atoms with Gasteiger partial charge in [0.1, 0.15) is 6.33 Å². The van der Waals surface area contributed by atoms with E-state index in [1.165, 1.54) is 15.6 Å². The highest BCUT2D eigenvalue weighted by atomic mass is 32.2. The quantitative estimate of drug-likeness (QED) is 0.694. The maximum Gasteiger partial charge on any atom is 0.116 e. The van der Waals surface area contributed by atoms with Crippen LogP contribution in [0, 0.1) is 0 Å². The normalized spacial score (nSPS) is 15.5. The maximum atomic E-state index is 4.47. The van der Waals surface area contributed by atoms with Crippen LogP contribution in [-0.2, 0) is 0 Å². The number of thioether (sulfide) groups is 1. The molecule has 4 heteroatoms. The molecule has 0 atom stereocenters. The summed E-state index contributed by atoms with van der Waals surface area (Å²) in [5, 5.41) is 2.30. The summed E-state index contributed by atoms with van der Waals surface area (Å²) in [6, 6.07) is 16.6. The smallest absolute Gasteiger partial charge is 0.116 e. The zero-order chi connectivity index (χ0) is 14.9. The number of hydrogen-bond donors (Lipinski definition) is 0. The summed E-state index contributed by atoms with van der Waals surface area (Å²) < 4.78 is 0. The first-order chi connectivity index (χ1) is 10.9. The molecule has 4 rings (SSSR count). The van der Waals surface area contributed by atoms with Gasteiger partial charge in [-0.3, -0.25) is 0 Å². The highest BCUT2D eigenvalue weighted by Gasteiger charge is 2.23.